The highest BCUT2D eigenvalue weighted by Gasteiger charge is 2.59. The van der Waals surface area contributed by atoms with Gasteiger partial charge in [0.1, 0.15) is 23.2 Å². The van der Waals surface area contributed by atoms with Gasteiger partial charge in [-0.15, -0.1) is 0 Å². The fourth-order valence-corrected chi connectivity index (χ4v) is 5.45. The lowest BCUT2D eigenvalue weighted by atomic mass is 9.78. The predicted octanol–water partition coefficient (Wildman–Crippen LogP) is 5.25. The van der Waals surface area contributed by atoms with Crippen LogP contribution in [0.4, 0.5) is 15.8 Å². The first kappa shape index (κ1) is 23.1. The van der Waals surface area contributed by atoms with Gasteiger partial charge < -0.3 is 20.1 Å². The molecule has 2 heterocycles. The third kappa shape index (κ3) is 3.87. The summed E-state index contributed by atoms with van der Waals surface area (Å²) in [7, 11) is 1.59. The van der Waals surface area contributed by atoms with Crippen molar-refractivity contribution in [3.05, 3.63) is 83.2 Å². The highest BCUT2D eigenvalue weighted by molar-refractivity contribution is 7.80. The summed E-state index contributed by atoms with van der Waals surface area (Å²) in [5, 5.41) is 6.83. The van der Waals surface area contributed by atoms with Gasteiger partial charge in [-0.2, -0.15) is 0 Å². The zero-order valence-corrected chi connectivity index (χ0v) is 20.7. The molecule has 0 aromatic heterocycles. The molecule has 0 spiro atoms. The van der Waals surface area contributed by atoms with Crippen LogP contribution >= 0.6 is 12.2 Å². The second-order valence-corrected chi connectivity index (χ2v) is 9.47. The number of hydrogen-bond acceptors (Lipinski definition) is 4. The van der Waals surface area contributed by atoms with Crippen LogP contribution in [0.15, 0.2) is 60.7 Å². The Balaban J connectivity index is 1.63. The Morgan fingerprint density at radius 3 is 2.57 bits per heavy atom. The molecule has 3 aromatic carbocycles. The predicted molar refractivity (Wildman–Crippen MR) is 137 cm³/mol. The summed E-state index contributed by atoms with van der Waals surface area (Å²) in [5.41, 5.74) is 3.02. The van der Waals surface area contributed by atoms with Crippen molar-refractivity contribution in [2.75, 3.05) is 17.3 Å². The lowest BCUT2D eigenvalue weighted by Crippen LogP contribution is -2.72. The van der Waals surface area contributed by atoms with Gasteiger partial charge in [0.05, 0.1) is 13.2 Å². The third-order valence-electron chi connectivity index (χ3n) is 6.71. The molecule has 3 atom stereocenters. The summed E-state index contributed by atoms with van der Waals surface area (Å²) in [6, 6.07) is 16.9. The summed E-state index contributed by atoms with van der Waals surface area (Å²) < 4.78 is 25.7. The molecule has 1 amide bonds. The molecule has 35 heavy (non-hydrogen) atoms. The quantitative estimate of drug-likeness (QED) is 0.486. The number of benzene rings is 3. The van der Waals surface area contributed by atoms with Gasteiger partial charge in [0, 0.05) is 16.9 Å². The number of thiocarbonyl (C=S) groups is 1. The molecule has 180 valence electrons. The molecule has 8 heteroatoms. The minimum Gasteiger partial charge on any atom is -0.497 e. The van der Waals surface area contributed by atoms with Gasteiger partial charge >= 0.3 is 0 Å². The number of nitrogens with zero attached hydrogens (tertiary/aromatic N) is 1. The van der Waals surface area contributed by atoms with Crippen LogP contribution in [0.25, 0.3) is 0 Å². The Labute approximate surface area is 209 Å². The largest absolute Gasteiger partial charge is 0.497 e. The van der Waals surface area contributed by atoms with Crippen LogP contribution in [0.1, 0.15) is 29.7 Å². The number of carbonyl (C=O) groups excluding carboxylic acids is 1. The third-order valence-corrected chi connectivity index (χ3v) is 7.01. The zero-order chi connectivity index (χ0) is 24.9. The van der Waals surface area contributed by atoms with Crippen molar-refractivity contribution in [1.29, 1.82) is 0 Å². The molecule has 1 fully saturated rings. The number of nitrogens with one attached hydrogen (secondary N) is 2. The second kappa shape index (κ2) is 8.53. The van der Waals surface area contributed by atoms with Crippen LogP contribution in [0, 0.1) is 25.6 Å². The average Bonchev–Trinajstić information content (AvgIpc) is 2.81. The highest BCUT2D eigenvalue weighted by atomic mass is 32.1. The summed E-state index contributed by atoms with van der Waals surface area (Å²) in [5.74, 6) is -0.0208. The Bertz CT molecular complexity index is 1330. The summed E-state index contributed by atoms with van der Waals surface area (Å²) >= 11 is 5.74. The van der Waals surface area contributed by atoms with Crippen molar-refractivity contribution in [1.82, 2.24) is 5.32 Å². The van der Waals surface area contributed by atoms with E-state index in [1.165, 1.54) is 12.1 Å². The number of fused-ring (bicyclic) bond motifs is 4. The van der Waals surface area contributed by atoms with Gasteiger partial charge in [-0.05, 0) is 87.1 Å². The van der Waals surface area contributed by atoms with E-state index in [0.717, 1.165) is 22.4 Å². The molecular weight excluding hydrogens is 465 g/mol. The second-order valence-electron chi connectivity index (χ2n) is 9.08. The number of amides is 1. The molecule has 5 rings (SSSR count). The van der Waals surface area contributed by atoms with Crippen LogP contribution in [-0.2, 0) is 4.79 Å². The summed E-state index contributed by atoms with van der Waals surface area (Å²) in [4.78, 5) is 15.7. The van der Waals surface area contributed by atoms with Crippen LogP contribution in [0.2, 0.25) is 0 Å². The fourth-order valence-electron chi connectivity index (χ4n) is 5.03. The van der Waals surface area contributed by atoms with E-state index < -0.39 is 17.7 Å². The van der Waals surface area contributed by atoms with E-state index in [9.17, 15) is 9.18 Å². The lowest BCUT2D eigenvalue weighted by Gasteiger charge is -2.56. The normalized spacial score (nSPS) is 22.5. The average molecular weight is 492 g/mol. The molecule has 2 aliphatic rings. The number of hydrogen-bond donors (Lipinski definition) is 2. The molecule has 1 saturated heterocycles. The number of methoxy groups -OCH3 is 1. The number of rotatable bonds is 4. The Hall–Kier alpha value is -3.65. The molecule has 0 saturated carbocycles. The topological polar surface area (TPSA) is 62.8 Å². The van der Waals surface area contributed by atoms with E-state index in [1.807, 2.05) is 57.2 Å². The number of ether oxygens (including phenoxy) is 2. The number of aryl methyl sites for hydroxylation is 2. The van der Waals surface area contributed by atoms with E-state index in [-0.39, 0.29) is 11.7 Å². The molecule has 3 aromatic rings. The van der Waals surface area contributed by atoms with E-state index in [4.69, 9.17) is 21.7 Å². The zero-order valence-electron chi connectivity index (χ0n) is 19.9. The van der Waals surface area contributed by atoms with Crippen LogP contribution in [-0.4, -0.2) is 23.9 Å². The van der Waals surface area contributed by atoms with E-state index in [0.29, 0.717) is 22.3 Å². The van der Waals surface area contributed by atoms with Gasteiger partial charge in [-0.3, -0.25) is 9.69 Å². The molecule has 2 aliphatic heterocycles. The standard InChI is InChI=1S/C27H26FN3O3S/c1-15-5-11-21(16(2)13-15)29-25(32)23-24-20-14-19(33-4)10-12-22(20)34-27(23,3)31(26(35)30-24)18-8-6-17(28)7-9-18/h5-14,23-24H,1-4H3,(H,29,32)(H,30,35)/t23-,24+,27+/m1/s1. The molecule has 2 N–H and O–H groups in total. The van der Waals surface area contributed by atoms with Crippen molar-refractivity contribution in [2.45, 2.75) is 32.5 Å². The Kier molecular flexibility index (Phi) is 5.63. The van der Waals surface area contributed by atoms with Crippen LogP contribution < -0.4 is 25.0 Å². The first-order valence-corrected chi connectivity index (χ1v) is 11.7. The van der Waals surface area contributed by atoms with Crippen LogP contribution in [0.3, 0.4) is 0 Å². The smallest absolute Gasteiger partial charge is 0.236 e. The van der Waals surface area contributed by atoms with E-state index >= 15 is 0 Å². The van der Waals surface area contributed by atoms with E-state index in [2.05, 4.69) is 10.6 Å². The maximum Gasteiger partial charge on any atom is 0.236 e. The summed E-state index contributed by atoms with van der Waals surface area (Å²) in [6.07, 6.45) is 0. The van der Waals surface area contributed by atoms with Gasteiger partial charge in [0.2, 0.25) is 5.91 Å². The van der Waals surface area contributed by atoms with Gasteiger partial charge in [-0.1, -0.05) is 17.7 Å². The number of halogens is 1. The van der Waals surface area contributed by atoms with Gasteiger partial charge in [-0.25, -0.2) is 4.39 Å². The molecular formula is C27H26FN3O3S. The maximum atomic E-state index is 13.9. The van der Waals surface area contributed by atoms with Crippen molar-refractivity contribution < 1.29 is 18.7 Å². The number of anilines is 2. The summed E-state index contributed by atoms with van der Waals surface area (Å²) in [6.45, 7) is 5.81. The van der Waals surface area contributed by atoms with Crippen molar-refractivity contribution in [2.24, 2.45) is 5.92 Å². The van der Waals surface area contributed by atoms with Crippen molar-refractivity contribution in [3.63, 3.8) is 0 Å². The minimum absolute atomic E-state index is 0.222. The van der Waals surface area contributed by atoms with Crippen molar-refractivity contribution >= 4 is 34.6 Å². The van der Waals surface area contributed by atoms with Crippen LogP contribution in [0.5, 0.6) is 11.5 Å². The lowest BCUT2D eigenvalue weighted by molar-refractivity contribution is -0.130. The fraction of sp³-hybridized carbons (Fsp3) is 0.259. The first-order valence-electron chi connectivity index (χ1n) is 11.3. The first-order chi connectivity index (χ1) is 16.7. The SMILES string of the molecule is COc1ccc2c(c1)[C@@H]1NC(=S)N(c3ccc(F)cc3)[C@@](C)(O2)[C@H]1C(=O)Nc1ccc(C)cc1C. The van der Waals surface area contributed by atoms with Crippen molar-refractivity contribution in [3.8, 4) is 11.5 Å². The molecule has 0 radical (unpaired) electrons. The monoisotopic (exact) mass is 491 g/mol. The minimum atomic E-state index is -1.19. The van der Waals surface area contributed by atoms with Gasteiger partial charge in [0.25, 0.3) is 0 Å². The Morgan fingerprint density at radius 1 is 1.14 bits per heavy atom. The molecule has 6 nitrogen and oxygen atoms in total. The number of carbonyl (C=O) groups is 1. The molecule has 0 unspecified atom stereocenters. The molecule has 0 aliphatic carbocycles. The highest BCUT2D eigenvalue weighted by Crippen LogP contribution is 2.50. The molecule has 2 bridgehead atoms. The maximum absolute atomic E-state index is 13.9. The van der Waals surface area contributed by atoms with E-state index in [1.54, 1.807) is 24.1 Å². The van der Waals surface area contributed by atoms with Gasteiger partial charge in [0.15, 0.2) is 10.8 Å². The Morgan fingerprint density at radius 2 is 1.89 bits per heavy atom.